The van der Waals surface area contributed by atoms with E-state index in [9.17, 15) is 4.79 Å². The molecule has 0 unspecified atom stereocenters. The zero-order chi connectivity index (χ0) is 22.1. The molecule has 1 aromatic heterocycles. The lowest BCUT2D eigenvalue weighted by Crippen LogP contribution is -2.26. The highest BCUT2D eigenvalue weighted by molar-refractivity contribution is 6.01. The number of allylic oxidation sites excluding steroid dienone is 1. The molecule has 2 aromatic carbocycles. The summed E-state index contributed by atoms with van der Waals surface area (Å²) in [6.07, 6.45) is 2.95. The summed E-state index contributed by atoms with van der Waals surface area (Å²) in [6, 6.07) is 20.3. The maximum atomic E-state index is 13.5. The van der Waals surface area contributed by atoms with Crippen LogP contribution in [0.2, 0.25) is 0 Å². The molecule has 5 rings (SSSR count). The van der Waals surface area contributed by atoms with Crippen LogP contribution < -0.4 is 15.5 Å². The molecule has 1 aliphatic heterocycles. The fourth-order valence-electron chi connectivity index (χ4n) is 4.94. The Bertz CT molecular complexity index is 1130. The van der Waals surface area contributed by atoms with Crippen molar-refractivity contribution in [2.24, 2.45) is 0 Å². The van der Waals surface area contributed by atoms with Gasteiger partial charge in [-0.15, -0.1) is 0 Å². The van der Waals surface area contributed by atoms with E-state index in [2.05, 4.69) is 53.6 Å². The first-order chi connectivity index (χ1) is 15.7. The van der Waals surface area contributed by atoms with E-state index in [0.29, 0.717) is 6.42 Å². The highest BCUT2D eigenvalue weighted by Gasteiger charge is 2.37. The molecule has 0 radical (unpaired) electrons. The number of hydrogen-bond donors (Lipinski definition) is 2. The summed E-state index contributed by atoms with van der Waals surface area (Å²) in [5, 5.41) is 7.12. The molecule has 2 N–H and O–H groups in total. The molecule has 164 valence electrons. The van der Waals surface area contributed by atoms with Crippen LogP contribution in [0.4, 0.5) is 17.1 Å². The van der Waals surface area contributed by atoms with Crippen molar-refractivity contribution in [3.63, 3.8) is 0 Å². The fraction of sp³-hybridized carbons (Fsp3) is 0.296. The number of para-hydroxylation sites is 2. The first-order valence-corrected chi connectivity index (χ1v) is 11.4. The standard InChI is InChI=1S/C27H29N3O2/c1-3-30(4-2)20-13-11-18(12-14-20)19-16-23-26(24(31)17-19)27(25-10-7-15-32-25)29-22-9-6-5-8-21(22)28-23/h5-15,19,27-29H,3-4,16-17H2,1-2H3/t19-,27-/m0/s1. The summed E-state index contributed by atoms with van der Waals surface area (Å²) in [5.41, 5.74) is 6.16. The van der Waals surface area contributed by atoms with E-state index in [4.69, 9.17) is 4.42 Å². The van der Waals surface area contributed by atoms with E-state index < -0.39 is 0 Å². The lowest BCUT2D eigenvalue weighted by molar-refractivity contribution is -0.116. The quantitative estimate of drug-likeness (QED) is 0.515. The average molecular weight is 428 g/mol. The maximum absolute atomic E-state index is 13.5. The minimum atomic E-state index is -0.297. The van der Waals surface area contributed by atoms with Crippen molar-refractivity contribution in [2.45, 2.75) is 38.6 Å². The predicted molar refractivity (Wildman–Crippen MR) is 129 cm³/mol. The normalized spacial score (nSPS) is 20.0. The van der Waals surface area contributed by atoms with Gasteiger partial charge in [-0.2, -0.15) is 0 Å². The van der Waals surface area contributed by atoms with Gasteiger partial charge in [0.15, 0.2) is 5.78 Å². The lowest BCUT2D eigenvalue weighted by atomic mass is 9.79. The van der Waals surface area contributed by atoms with Crippen LogP contribution in [0.25, 0.3) is 0 Å². The number of hydrogen-bond acceptors (Lipinski definition) is 5. The minimum Gasteiger partial charge on any atom is -0.467 e. The Labute approximate surface area is 189 Å². The van der Waals surface area contributed by atoms with Crippen molar-refractivity contribution < 1.29 is 9.21 Å². The number of benzene rings is 2. The zero-order valence-electron chi connectivity index (χ0n) is 18.6. The van der Waals surface area contributed by atoms with E-state index in [1.807, 2.05) is 36.4 Å². The Morgan fingerprint density at radius 3 is 2.38 bits per heavy atom. The molecule has 2 atom stereocenters. The van der Waals surface area contributed by atoms with Crippen molar-refractivity contribution >= 4 is 22.8 Å². The van der Waals surface area contributed by atoms with E-state index in [0.717, 1.165) is 47.9 Å². The topological polar surface area (TPSA) is 57.5 Å². The lowest BCUT2D eigenvalue weighted by Gasteiger charge is -2.29. The Balaban J connectivity index is 1.50. The van der Waals surface area contributed by atoms with Crippen LogP contribution in [-0.2, 0) is 4.79 Å². The molecular weight excluding hydrogens is 398 g/mol. The van der Waals surface area contributed by atoms with E-state index in [1.54, 1.807) is 6.26 Å². The van der Waals surface area contributed by atoms with Gasteiger partial charge in [-0.25, -0.2) is 0 Å². The van der Waals surface area contributed by atoms with Gasteiger partial charge in [-0.05, 0) is 68.1 Å². The van der Waals surface area contributed by atoms with Gasteiger partial charge >= 0.3 is 0 Å². The number of carbonyl (C=O) groups is 1. The number of anilines is 3. The Kier molecular flexibility index (Phi) is 5.48. The van der Waals surface area contributed by atoms with E-state index in [1.165, 1.54) is 11.3 Å². The summed E-state index contributed by atoms with van der Waals surface area (Å²) >= 11 is 0. The van der Waals surface area contributed by atoms with Gasteiger partial charge in [0.25, 0.3) is 0 Å². The Morgan fingerprint density at radius 2 is 1.69 bits per heavy atom. The van der Waals surface area contributed by atoms with Crippen LogP contribution in [0.15, 0.2) is 82.6 Å². The first-order valence-electron chi connectivity index (χ1n) is 11.4. The third kappa shape index (κ3) is 3.68. The van der Waals surface area contributed by atoms with Gasteiger partial charge in [-0.1, -0.05) is 24.3 Å². The van der Waals surface area contributed by atoms with Crippen LogP contribution in [-0.4, -0.2) is 18.9 Å². The number of carbonyl (C=O) groups excluding carboxylic acids is 1. The smallest absolute Gasteiger partial charge is 0.163 e. The van der Waals surface area contributed by atoms with Crippen molar-refractivity contribution in [1.82, 2.24) is 0 Å². The van der Waals surface area contributed by atoms with Gasteiger partial charge in [0.1, 0.15) is 11.8 Å². The van der Waals surface area contributed by atoms with Gasteiger partial charge in [0, 0.05) is 36.5 Å². The molecule has 2 heterocycles. The number of furan rings is 1. The molecule has 0 saturated carbocycles. The summed E-state index contributed by atoms with van der Waals surface area (Å²) in [6.45, 7) is 6.31. The first kappa shape index (κ1) is 20.4. The average Bonchev–Trinajstić information content (AvgIpc) is 3.29. The molecule has 0 bridgehead atoms. The van der Waals surface area contributed by atoms with Gasteiger partial charge in [0.05, 0.1) is 17.6 Å². The highest BCUT2D eigenvalue weighted by Crippen LogP contribution is 2.44. The van der Waals surface area contributed by atoms with Crippen molar-refractivity contribution in [1.29, 1.82) is 0 Å². The maximum Gasteiger partial charge on any atom is 0.163 e. The van der Waals surface area contributed by atoms with Gasteiger partial charge in [-0.3, -0.25) is 4.79 Å². The molecule has 5 heteroatoms. The number of rotatable bonds is 5. The minimum absolute atomic E-state index is 0.155. The second kappa shape index (κ2) is 8.58. The molecule has 0 spiro atoms. The number of ketones is 1. The van der Waals surface area contributed by atoms with Gasteiger partial charge in [0.2, 0.25) is 0 Å². The van der Waals surface area contributed by atoms with Crippen LogP contribution in [0.1, 0.15) is 50.0 Å². The molecule has 1 aliphatic carbocycles. The second-order valence-corrected chi connectivity index (χ2v) is 8.45. The molecule has 5 nitrogen and oxygen atoms in total. The molecule has 0 saturated heterocycles. The third-order valence-corrected chi connectivity index (χ3v) is 6.63. The molecular formula is C27H29N3O2. The summed E-state index contributed by atoms with van der Waals surface area (Å²) in [7, 11) is 0. The van der Waals surface area contributed by atoms with E-state index in [-0.39, 0.29) is 17.7 Å². The van der Waals surface area contributed by atoms with Crippen LogP contribution >= 0.6 is 0 Å². The van der Waals surface area contributed by atoms with Gasteiger partial charge < -0.3 is 20.0 Å². The van der Waals surface area contributed by atoms with Crippen molar-refractivity contribution in [3.05, 3.63) is 89.5 Å². The number of Topliss-reactive ketones (excluding diaryl/α,β-unsaturated/α-hetero) is 1. The summed E-state index contributed by atoms with van der Waals surface area (Å²) < 4.78 is 5.73. The van der Waals surface area contributed by atoms with Crippen LogP contribution in [0, 0.1) is 0 Å². The number of nitrogens with one attached hydrogen (secondary N) is 2. The molecule has 3 aromatic rings. The SMILES string of the molecule is CCN(CC)c1ccc([C@@H]2CC(=O)C3=C(C2)Nc2ccccc2N[C@H]3c2ccco2)cc1. The van der Waals surface area contributed by atoms with Crippen LogP contribution in [0.5, 0.6) is 0 Å². The van der Waals surface area contributed by atoms with Crippen molar-refractivity contribution in [2.75, 3.05) is 28.6 Å². The fourth-order valence-corrected chi connectivity index (χ4v) is 4.94. The molecule has 0 amide bonds. The molecule has 0 fully saturated rings. The summed E-state index contributed by atoms with van der Waals surface area (Å²) in [5.74, 6) is 1.08. The number of nitrogens with zero attached hydrogens (tertiary/aromatic N) is 1. The molecule has 2 aliphatic rings. The number of fused-ring (bicyclic) bond motifs is 1. The molecule has 32 heavy (non-hydrogen) atoms. The highest BCUT2D eigenvalue weighted by atomic mass is 16.3. The second-order valence-electron chi connectivity index (χ2n) is 8.45. The Hall–Kier alpha value is -3.47. The monoisotopic (exact) mass is 427 g/mol. The van der Waals surface area contributed by atoms with E-state index >= 15 is 0 Å². The predicted octanol–water partition coefficient (Wildman–Crippen LogP) is 6.11. The third-order valence-electron chi connectivity index (χ3n) is 6.63. The van der Waals surface area contributed by atoms with Crippen LogP contribution in [0.3, 0.4) is 0 Å². The zero-order valence-corrected chi connectivity index (χ0v) is 18.6. The Morgan fingerprint density at radius 1 is 0.938 bits per heavy atom. The largest absolute Gasteiger partial charge is 0.467 e. The summed E-state index contributed by atoms with van der Waals surface area (Å²) in [4.78, 5) is 15.8. The van der Waals surface area contributed by atoms with Crippen molar-refractivity contribution in [3.8, 4) is 0 Å².